The second-order valence-corrected chi connectivity index (χ2v) is 5.09. The third-order valence-corrected chi connectivity index (χ3v) is 3.44. The molecule has 0 unspecified atom stereocenters. The molecule has 0 aliphatic carbocycles. The standard InChI is InChI=1S/C17H11ClN4/c18-15-9-5-13(6-10-15)2-1-12-3-7-14(8-4-12)17-16(11-19)20-22-21-17/h1-10H,(H,20,21,22)/b2-1+. The number of nitrogens with one attached hydrogen (secondary N) is 1. The van der Waals surface area contributed by atoms with Crippen LogP contribution in [0.4, 0.5) is 0 Å². The van der Waals surface area contributed by atoms with Crippen LogP contribution in [0.3, 0.4) is 0 Å². The van der Waals surface area contributed by atoms with Gasteiger partial charge in [-0.15, -0.1) is 5.10 Å². The minimum absolute atomic E-state index is 0.296. The maximum atomic E-state index is 8.96. The Morgan fingerprint density at radius 1 is 0.955 bits per heavy atom. The fraction of sp³-hybridized carbons (Fsp3) is 0. The van der Waals surface area contributed by atoms with Crippen LogP contribution in [0, 0.1) is 11.3 Å². The van der Waals surface area contributed by atoms with Crippen molar-refractivity contribution in [2.24, 2.45) is 0 Å². The molecule has 0 saturated heterocycles. The number of hydrogen-bond donors (Lipinski definition) is 1. The van der Waals surface area contributed by atoms with E-state index in [0.29, 0.717) is 11.4 Å². The summed E-state index contributed by atoms with van der Waals surface area (Å²) < 4.78 is 0. The Morgan fingerprint density at radius 3 is 2.14 bits per heavy atom. The molecule has 0 amide bonds. The van der Waals surface area contributed by atoms with E-state index in [1.807, 2.05) is 66.8 Å². The molecule has 1 aromatic heterocycles. The van der Waals surface area contributed by atoms with Gasteiger partial charge in [-0.2, -0.15) is 5.26 Å². The lowest BCUT2D eigenvalue weighted by atomic mass is 10.1. The molecule has 0 saturated carbocycles. The van der Waals surface area contributed by atoms with Gasteiger partial charge in [-0.25, -0.2) is 0 Å². The number of rotatable bonds is 3. The second-order valence-electron chi connectivity index (χ2n) is 4.65. The van der Waals surface area contributed by atoms with E-state index in [2.05, 4.69) is 15.4 Å². The van der Waals surface area contributed by atoms with E-state index in [9.17, 15) is 0 Å². The Balaban J connectivity index is 1.80. The zero-order chi connectivity index (χ0) is 15.4. The van der Waals surface area contributed by atoms with Crippen LogP contribution >= 0.6 is 11.6 Å². The minimum atomic E-state index is 0.296. The first-order valence-corrected chi connectivity index (χ1v) is 6.99. The molecule has 3 aromatic rings. The fourth-order valence-corrected chi connectivity index (χ4v) is 2.16. The highest BCUT2D eigenvalue weighted by molar-refractivity contribution is 6.30. The normalized spacial score (nSPS) is 10.7. The predicted octanol–water partition coefficient (Wildman–Crippen LogP) is 4.17. The molecule has 106 valence electrons. The van der Waals surface area contributed by atoms with Gasteiger partial charge in [-0.3, -0.25) is 5.10 Å². The lowest BCUT2D eigenvalue weighted by Gasteiger charge is -1.99. The number of halogens is 1. The number of benzene rings is 2. The molecule has 0 fully saturated rings. The van der Waals surface area contributed by atoms with Crippen LogP contribution in [0.5, 0.6) is 0 Å². The van der Waals surface area contributed by atoms with E-state index in [1.165, 1.54) is 0 Å². The van der Waals surface area contributed by atoms with E-state index in [0.717, 1.165) is 21.7 Å². The molecule has 0 aliphatic heterocycles. The Bertz CT molecular complexity index is 840. The van der Waals surface area contributed by atoms with Gasteiger partial charge in [0.2, 0.25) is 0 Å². The molecule has 0 bridgehead atoms. The number of nitrogens with zero attached hydrogens (tertiary/aromatic N) is 3. The van der Waals surface area contributed by atoms with Crippen molar-refractivity contribution in [2.75, 3.05) is 0 Å². The first-order valence-electron chi connectivity index (χ1n) is 6.61. The lowest BCUT2D eigenvalue weighted by Crippen LogP contribution is -1.83. The van der Waals surface area contributed by atoms with Crippen molar-refractivity contribution >= 4 is 23.8 Å². The first kappa shape index (κ1) is 14.1. The van der Waals surface area contributed by atoms with E-state index >= 15 is 0 Å². The van der Waals surface area contributed by atoms with Gasteiger partial charge in [-0.1, -0.05) is 65.4 Å². The molecule has 1 N–H and O–H groups in total. The summed E-state index contributed by atoms with van der Waals surface area (Å²) in [5, 5.41) is 19.8. The number of aromatic nitrogens is 3. The Labute approximate surface area is 132 Å². The molecule has 1 heterocycles. The van der Waals surface area contributed by atoms with Gasteiger partial charge in [0.15, 0.2) is 5.69 Å². The van der Waals surface area contributed by atoms with Gasteiger partial charge in [-0.05, 0) is 23.3 Å². The van der Waals surface area contributed by atoms with E-state index in [1.54, 1.807) is 0 Å². The maximum absolute atomic E-state index is 8.96. The Morgan fingerprint density at radius 2 is 1.55 bits per heavy atom. The van der Waals surface area contributed by atoms with E-state index < -0.39 is 0 Å². The summed E-state index contributed by atoms with van der Waals surface area (Å²) in [6, 6.07) is 17.5. The molecule has 4 nitrogen and oxygen atoms in total. The van der Waals surface area contributed by atoms with E-state index in [-0.39, 0.29) is 0 Å². The van der Waals surface area contributed by atoms with Crippen LogP contribution in [0.15, 0.2) is 48.5 Å². The summed E-state index contributed by atoms with van der Waals surface area (Å²) in [6.45, 7) is 0. The topological polar surface area (TPSA) is 65.4 Å². The first-order chi connectivity index (χ1) is 10.8. The van der Waals surface area contributed by atoms with Gasteiger partial charge in [0.25, 0.3) is 0 Å². The smallest absolute Gasteiger partial charge is 0.190 e. The van der Waals surface area contributed by atoms with Crippen molar-refractivity contribution in [3.8, 4) is 17.3 Å². The molecule has 0 atom stereocenters. The summed E-state index contributed by atoms with van der Waals surface area (Å²) in [5.74, 6) is 0. The molecule has 2 aromatic carbocycles. The SMILES string of the molecule is N#Cc1nn[nH]c1-c1ccc(/C=C/c2ccc(Cl)cc2)cc1. The van der Waals surface area contributed by atoms with Crippen molar-refractivity contribution in [2.45, 2.75) is 0 Å². The zero-order valence-corrected chi connectivity index (χ0v) is 12.2. The molecule has 3 rings (SSSR count). The largest absolute Gasteiger partial charge is 0.256 e. The average Bonchev–Trinajstić information content (AvgIpc) is 3.03. The van der Waals surface area contributed by atoms with Gasteiger partial charge in [0, 0.05) is 10.6 Å². The highest BCUT2D eigenvalue weighted by Gasteiger charge is 2.07. The quantitative estimate of drug-likeness (QED) is 0.739. The van der Waals surface area contributed by atoms with E-state index in [4.69, 9.17) is 16.9 Å². The van der Waals surface area contributed by atoms with Crippen molar-refractivity contribution in [1.82, 2.24) is 15.4 Å². The van der Waals surface area contributed by atoms with Gasteiger partial charge < -0.3 is 0 Å². The summed E-state index contributed by atoms with van der Waals surface area (Å²) in [6.07, 6.45) is 4.03. The van der Waals surface area contributed by atoms with Crippen molar-refractivity contribution < 1.29 is 0 Å². The predicted molar refractivity (Wildman–Crippen MR) is 86.9 cm³/mol. The maximum Gasteiger partial charge on any atom is 0.190 e. The molecule has 0 aliphatic rings. The third kappa shape index (κ3) is 3.05. The molecular weight excluding hydrogens is 296 g/mol. The van der Waals surface area contributed by atoms with Gasteiger partial charge in [0.05, 0.1) is 0 Å². The lowest BCUT2D eigenvalue weighted by molar-refractivity contribution is 0.937. The highest BCUT2D eigenvalue weighted by atomic mass is 35.5. The van der Waals surface area contributed by atoms with Crippen LogP contribution in [-0.2, 0) is 0 Å². The molecule has 22 heavy (non-hydrogen) atoms. The Kier molecular flexibility index (Phi) is 3.99. The number of hydrogen-bond acceptors (Lipinski definition) is 3. The van der Waals surface area contributed by atoms with Gasteiger partial charge in [0.1, 0.15) is 11.8 Å². The third-order valence-electron chi connectivity index (χ3n) is 3.19. The van der Waals surface area contributed by atoms with Crippen LogP contribution in [0.2, 0.25) is 5.02 Å². The van der Waals surface area contributed by atoms with Crippen LogP contribution in [0.1, 0.15) is 16.8 Å². The number of H-pyrrole nitrogens is 1. The van der Waals surface area contributed by atoms with Crippen molar-refractivity contribution in [1.29, 1.82) is 5.26 Å². The highest BCUT2D eigenvalue weighted by Crippen LogP contribution is 2.20. The summed E-state index contributed by atoms with van der Waals surface area (Å²) >= 11 is 5.86. The zero-order valence-electron chi connectivity index (χ0n) is 11.5. The molecule has 0 spiro atoms. The molecule has 5 heteroatoms. The summed E-state index contributed by atoms with van der Waals surface area (Å²) in [7, 11) is 0. The van der Waals surface area contributed by atoms with Crippen molar-refractivity contribution in [3.05, 3.63) is 70.4 Å². The molecule has 0 radical (unpaired) electrons. The monoisotopic (exact) mass is 306 g/mol. The van der Waals surface area contributed by atoms with Crippen LogP contribution < -0.4 is 0 Å². The fourth-order valence-electron chi connectivity index (χ4n) is 2.03. The minimum Gasteiger partial charge on any atom is -0.256 e. The molecular formula is C17H11ClN4. The van der Waals surface area contributed by atoms with Crippen LogP contribution in [0.25, 0.3) is 23.4 Å². The summed E-state index contributed by atoms with van der Waals surface area (Å²) in [4.78, 5) is 0. The second kappa shape index (κ2) is 6.25. The average molecular weight is 307 g/mol. The van der Waals surface area contributed by atoms with Crippen molar-refractivity contribution in [3.63, 3.8) is 0 Å². The van der Waals surface area contributed by atoms with Crippen LogP contribution in [-0.4, -0.2) is 15.4 Å². The summed E-state index contributed by atoms with van der Waals surface area (Å²) in [5.41, 5.74) is 3.95. The Hall–Kier alpha value is -2.90. The number of nitriles is 1. The number of aromatic amines is 1. The van der Waals surface area contributed by atoms with Gasteiger partial charge >= 0.3 is 0 Å².